The van der Waals surface area contributed by atoms with Crippen LogP contribution < -0.4 is 5.56 Å². The quantitative estimate of drug-likeness (QED) is 0.600. The van der Waals surface area contributed by atoms with E-state index >= 15 is 0 Å². The van der Waals surface area contributed by atoms with E-state index in [-0.39, 0.29) is 18.6 Å². The van der Waals surface area contributed by atoms with Gasteiger partial charge in [0.1, 0.15) is 4.83 Å². The third-order valence-corrected chi connectivity index (χ3v) is 8.02. The first-order chi connectivity index (χ1) is 14.1. The Kier molecular flexibility index (Phi) is 5.23. The van der Waals surface area contributed by atoms with E-state index in [1.807, 2.05) is 6.92 Å². The Morgan fingerprint density at radius 1 is 1.27 bits per heavy atom. The fourth-order valence-electron chi connectivity index (χ4n) is 3.58. The number of benzene rings is 1. The summed E-state index contributed by atoms with van der Waals surface area (Å²) in [5.74, 6) is 0. The molecule has 0 fully saturated rings. The third-order valence-electron chi connectivity index (χ3n) is 5.06. The second kappa shape index (κ2) is 7.47. The van der Waals surface area contributed by atoms with Crippen molar-refractivity contribution in [1.29, 1.82) is 0 Å². The van der Waals surface area contributed by atoms with E-state index in [0.717, 1.165) is 34.5 Å². The summed E-state index contributed by atoms with van der Waals surface area (Å²) in [5.41, 5.74) is -0.370. The zero-order valence-electron chi connectivity index (χ0n) is 15.9. The molecule has 4 rings (SSSR count). The van der Waals surface area contributed by atoms with Gasteiger partial charge in [0.15, 0.2) is 0 Å². The van der Waals surface area contributed by atoms with Crippen LogP contribution in [0.25, 0.3) is 10.2 Å². The largest absolute Gasteiger partial charge is 0.416 e. The average Bonchev–Trinajstić information content (AvgIpc) is 3.08. The first-order valence-electron chi connectivity index (χ1n) is 9.30. The van der Waals surface area contributed by atoms with Gasteiger partial charge in [0.25, 0.3) is 5.56 Å². The Hall–Kier alpha value is -2.24. The molecule has 1 aliphatic rings. The van der Waals surface area contributed by atoms with Crippen LogP contribution in [0.4, 0.5) is 13.2 Å². The number of aromatic nitrogens is 2. The van der Waals surface area contributed by atoms with Crippen molar-refractivity contribution >= 4 is 31.6 Å². The zero-order chi connectivity index (χ0) is 21.7. The van der Waals surface area contributed by atoms with E-state index in [0.29, 0.717) is 34.1 Å². The topological polar surface area (TPSA) is 72.3 Å². The first-order valence-corrected chi connectivity index (χ1v) is 11.6. The maximum atomic E-state index is 13.0. The predicted octanol–water partition coefficient (Wildman–Crippen LogP) is 3.63. The second-order valence-corrected chi connectivity index (χ2v) is 10.1. The second-order valence-electron chi connectivity index (χ2n) is 7.04. The van der Waals surface area contributed by atoms with Crippen molar-refractivity contribution in [2.75, 3.05) is 6.54 Å². The van der Waals surface area contributed by atoms with Crippen LogP contribution in [-0.4, -0.2) is 28.8 Å². The smallest absolute Gasteiger partial charge is 0.299 e. The van der Waals surface area contributed by atoms with Gasteiger partial charge >= 0.3 is 6.18 Å². The Morgan fingerprint density at radius 2 is 2.03 bits per heavy atom. The molecule has 1 aliphatic heterocycles. The highest BCUT2D eigenvalue weighted by molar-refractivity contribution is 7.89. The van der Waals surface area contributed by atoms with Crippen molar-refractivity contribution in [3.8, 4) is 0 Å². The minimum absolute atomic E-state index is 0.00214. The molecule has 160 valence electrons. The summed E-state index contributed by atoms with van der Waals surface area (Å²) >= 11 is 1.25. The monoisotopic (exact) mass is 457 g/mol. The number of hydrogen-bond donors (Lipinski definition) is 0. The maximum Gasteiger partial charge on any atom is 0.416 e. The molecular formula is C19H18F3N3O3S2. The number of rotatable bonds is 4. The molecule has 0 aliphatic carbocycles. The fraction of sp³-hybridized carbons (Fsp3) is 0.368. The highest BCUT2D eigenvalue weighted by Gasteiger charge is 2.35. The lowest BCUT2D eigenvalue weighted by molar-refractivity contribution is -0.137. The molecule has 0 atom stereocenters. The van der Waals surface area contributed by atoms with E-state index in [9.17, 15) is 26.4 Å². The number of hydrogen-bond acceptors (Lipinski definition) is 5. The molecule has 0 amide bonds. The molecule has 0 saturated heterocycles. The molecule has 0 N–H and O–H groups in total. The molecule has 0 unspecified atom stereocenters. The van der Waals surface area contributed by atoms with Gasteiger partial charge in [0.2, 0.25) is 10.0 Å². The van der Waals surface area contributed by atoms with Crippen LogP contribution in [0.5, 0.6) is 0 Å². The minimum atomic E-state index is -4.63. The number of aryl methyl sites for hydroxylation is 1. The van der Waals surface area contributed by atoms with Crippen molar-refractivity contribution in [3.05, 3.63) is 57.0 Å². The molecule has 1 aromatic carbocycles. The number of sulfonamides is 1. The number of fused-ring (bicyclic) bond motifs is 3. The Balaban J connectivity index is 1.71. The summed E-state index contributed by atoms with van der Waals surface area (Å²) in [7, 11) is -4.12. The average molecular weight is 457 g/mol. The maximum absolute atomic E-state index is 13.0. The number of thiophene rings is 1. The summed E-state index contributed by atoms with van der Waals surface area (Å²) in [6.07, 6.45) is -2.05. The minimum Gasteiger partial charge on any atom is -0.299 e. The van der Waals surface area contributed by atoms with Gasteiger partial charge in [-0.3, -0.25) is 9.36 Å². The van der Waals surface area contributed by atoms with Gasteiger partial charge in [-0.25, -0.2) is 13.4 Å². The van der Waals surface area contributed by atoms with E-state index in [1.54, 1.807) is 4.57 Å². The summed E-state index contributed by atoms with van der Waals surface area (Å²) in [6.45, 7) is 2.58. The molecule has 3 heterocycles. The van der Waals surface area contributed by atoms with Gasteiger partial charge in [0.05, 0.1) is 22.2 Å². The molecule has 3 aromatic rings. The Bertz CT molecular complexity index is 1280. The summed E-state index contributed by atoms with van der Waals surface area (Å²) < 4.78 is 67.6. The lowest BCUT2D eigenvalue weighted by Gasteiger charge is -2.26. The summed E-state index contributed by atoms with van der Waals surface area (Å²) in [5, 5.41) is 0.516. The molecule has 6 nitrogen and oxygen atoms in total. The molecule has 0 saturated carbocycles. The predicted molar refractivity (Wildman–Crippen MR) is 107 cm³/mol. The SMILES string of the molecule is CCCn1cnc2sc3c(c2c1=O)CCN(S(=O)(=O)c1cccc(C(F)(F)F)c1)C3. The fourth-order valence-corrected chi connectivity index (χ4v) is 6.31. The van der Waals surface area contributed by atoms with Crippen molar-refractivity contribution in [2.24, 2.45) is 0 Å². The molecule has 2 aromatic heterocycles. The molecule has 0 bridgehead atoms. The standard InChI is InChI=1S/C19H18F3N3O3S2/c1-2-7-24-11-23-17-16(18(24)26)14-6-8-25(10-15(14)29-17)30(27,28)13-5-3-4-12(9-13)19(20,21)22/h3-5,9,11H,2,6-8,10H2,1H3. The van der Waals surface area contributed by atoms with Gasteiger partial charge < -0.3 is 0 Å². The van der Waals surface area contributed by atoms with Gasteiger partial charge in [0, 0.05) is 24.5 Å². The summed E-state index contributed by atoms with van der Waals surface area (Å²) in [6, 6.07) is 3.74. The summed E-state index contributed by atoms with van der Waals surface area (Å²) in [4.78, 5) is 18.0. The number of nitrogens with zero attached hydrogens (tertiary/aromatic N) is 3. The number of halogens is 3. The zero-order valence-corrected chi connectivity index (χ0v) is 17.6. The van der Waals surface area contributed by atoms with Gasteiger partial charge in [-0.15, -0.1) is 11.3 Å². The normalized spacial score (nSPS) is 15.5. The van der Waals surface area contributed by atoms with Crippen molar-refractivity contribution in [1.82, 2.24) is 13.9 Å². The van der Waals surface area contributed by atoms with Crippen LogP contribution in [0.2, 0.25) is 0 Å². The highest BCUT2D eigenvalue weighted by atomic mass is 32.2. The molecule has 11 heteroatoms. The van der Waals surface area contributed by atoms with Crippen LogP contribution in [-0.2, 0) is 35.7 Å². The van der Waals surface area contributed by atoms with Crippen LogP contribution in [0.3, 0.4) is 0 Å². The number of alkyl halides is 3. The van der Waals surface area contributed by atoms with E-state index in [2.05, 4.69) is 4.98 Å². The molecule has 0 spiro atoms. The molecular weight excluding hydrogens is 439 g/mol. The van der Waals surface area contributed by atoms with Crippen molar-refractivity contribution < 1.29 is 21.6 Å². The van der Waals surface area contributed by atoms with E-state index in [4.69, 9.17) is 0 Å². The molecule has 0 radical (unpaired) electrons. The van der Waals surface area contributed by atoms with E-state index < -0.39 is 26.7 Å². The lowest BCUT2D eigenvalue weighted by atomic mass is 10.1. The Morgan fingerprint density at radius 3 is 2.73 bits per heavy atom. The van der Waals surface area contributed by atoms with Crippen molar-refractivity contribution in [2.45, 2.75) is 43.9 Å². The highest BCUT2D eigenvalue weighted by Crippen LogP contribution is 2.35. The van der Waals surface area contributed by atoms with Crippen LogP contribution in [0.1, 0.15) is 29.3 Å². The Labute approximate surface area is 174 Å². The van der Waals surface area contributed by atoms with Gasteiger partial charge in [-0.05, 0) is 36.6 Å². The van der Waals surface area contributed by atoms with Crippen LogP contribution >= 0.6 is 11.3 Å². The van der Waals surface area contributed by atoms with Gasteiger partial charge in [-0.1, -0.05) is 13.0 Å². The lowest BCUT2D eigenvalue weighted by Crippen LogP contribution is -2.35. The van der Waals surface area contributed by atoms with Crippen LogP contribution in [0, 0.1) is 0 Å². The van der Waals surface area contributed by atoms with Crippen molar-refractivity contribution in [3.63, 3.8) is 0 Å². The van der Waals surface area contributed by atoms with Crippen LogP contribution in [0.15, 0.2) is 40.3 Å². The third kappa shape index (κ3) is 3.54. The van der Waals surface area contributed by atoms with Gasteiger partial charge in [-0.2, -0.15) is 17.5 Å². The first kappa shape index (κ1) is 21.0. The van der Waals surface area contributed by atoms with E-state index in [1.165, 1.54) is 17.7 Å². The molecule has 30 heavy (non-hydrogen) atoms.